The SMILES string of the molecule is COc1ccccc1CNc1nc2c(S(=O)(=O)c3cc(C)ccc3C)nnn2c2ccccc12. The Morgan fingerprint density at radius 3 is 2.59 bits per heavy atom. The van der Waals surface area contributed by atoms with Crippen LogP contribution in [-0.2, 0) is 16.4 Å². The van der Waals surface area contributed by atoms with Gasteiger partial charge >= 0.3 is 0 Å². The molecule has 0 spiro atoms. The molecule has 0 aliphatic heterocycles. The average molecular weight is 474 g/mol. The number of hydrogen-bond donors (Lipinski definition) is 1. The summed E-state index contributed by atoms with van der Waals surface area (Å²) in [6.07, 6.45) is 0. The molecule has 0 unspecified atom stereocenters. The van der Waals surface area contributed by atoms with Gasteiger partial charge in [-0.25, -0.2) is 13.4 Å². The fourth-order valence-corrected chi connectivity index (χ4v) is 5.54. The quantitative estimate of drug-likeness (QED) is 0.391. The molecule has 172 valence electrons. The number of hydrogen-bond acceptors (Lipinski definition) is 7. The van der Waals surface area contributed by atoms with Crippen molar-refractivity contribution in [2.24, 2.45) is 0 Å². The first-order valence-corrected chi connectivity index (χ1v) is 12.2. The minimum Gasteiger partial charge on any atom is -0.496 e. The Morgan fingerprint density at radius 1 is 1.00 bits per heavy atom. The van der Waals surface area contributed by atoms with E-state index in [0.29, 0.717) is 23.4 Å². The molecule has 0 bridgehead atoms. The number of ether oxygens (including phenoxy) is 1. The molecule has 5 aromatic rings. The molecule has 3 aromatic carbocycles. The molecule has 34 heavy (non-hydrogen) atoms. The minimum atomic E-state index is -3.94. The van der Waals surface area contributed by atoms with Gasteiger partial charge in [0.15, 0.2) is 5.65 Å². The monoisotopic (exact) mass is 473 g/mol. The summed E-state index contributed by atoms with van der Waals surface area (Å²) in [6.45, 7) is 4.06. The first-order chi connectivity index (χ1) is 16.4. The molecule has 0 atom stereocenters. The highest BCUT2D eigenvalue weighted by atomic mass is 32.2. The first-order valence-electron chi connectivity index (χ1n) is 10.7. The third-order valence-corrected chi connectivity index (χ3v) is 7.54. The molecule has 0 saturated heterocycles. The highest BCUT2D eigenvalue weighted by Gasteiger charge is 2.28. The molecule has 0 saturated carbocycles. The number of nitrogens with one attached hydrogen (secondary N) is 1. The maximum atomic E-state index is 13.6. The normalized spacial score (nSPS) is 11.7. The fraction of sp³-hybridized carbons (Fsp3) is 0.160. The Kier molecular flexibility index (Phi) is 5.41. The van der Waals surface area contributed by atoms with Gasteiger partial charge in [0.05, 0.1) is 17.5 Å². The highest BCUT2D eigenvalue weighted by Crippen LogP contribution is 2.30. The molecule has 0 aliphatic carbocycles. The van der Waals surface area contributed by atoms with Gasteiger partial charge in [-0.2, -0.15) is 4.52 Å². The average Bonchev–Trinajstić information content (AvgIpc) is 3.29. The third kappa shape index (κ3) is 3.63. The van der Waals surface area contributed by atoms with Crippen molar-refractivity contribution in [3.05, 3.63) is 83.4 Å². The number of aryl methyl sites for hydroxylation is 2. The van der Waals surface area contributed by atoms with Crippen LogP contribution in [0.25, 0.3) is 16.6 Å². The predicted molar refractivity (Wildman–Crippen MR) is 130 cm³/mol. The van der Waals surface area contributed by atoms with Crippen molar-refractivity contribution in [2.75, 3.05) is 12.4 Å². The lowest BCUT2D eigenvalue weighted by molar-refractivity contribution is 0.410. The van der Waals surface area contributed by atoms with E-state index in [9.17, 15) is 8.42 Å². The van der Waals surface area contributed by atoms with Gasteiger partial charge in [-0.1, -0.05) is 47.7 Å². The van der Waals surface area contributed by atoms with Crippen molar-refractivity contribution >= 4 is 32.2 Å². The summed E-state index contributed by atoms with van der Waals surface area (Å²) in [6, 6.07) is 20.5. The van der Waals surface area contributed by atoms with E-state index in [1.165, 1.54) is 4.52 Å². The van der Waals surface area contributed by atoms with Crippen LogP contribution in [0, 0.1) is 13.8 Å². The van der Waals surface area contributed by atoms with Gasteiger partial charge in [-0.3, -0.25) is 0 Å². The Balaban J connectivity index is 1.67. The Morgan fingerprint density at radius 2 is 1.76 bits per heavy atom. The summed E-state index contributed by atoms with van der Waals surface area (Å²) >= 11 is 0. The molecule has 2 heterocycles. The smallest absolute Gasteiger partial charge is 0.229 e. The number of methoxy groups -OCH3 is 1. The van der Waals surface area contributed by atoms with E-state index in [2.05, 4.69) is 20.6 Å². The van der Waals surface area contributed by atoms with Gasteiger partial charge in [0.2, 0.25) is 14.9 Å². The molecular formula is C25H23N5O3S. The van der Waals surface area contributed by atoms with Gasteiger partial charge < -0.3 is 10.1 Å². The molecular weight excluding hydrogens is 450 g/mol. The van der Waals surface area contributed by atoms with Crippen molar-refractivity contribution in [2.45, 2.75) is 30.3 Å². The van der Waals surface area contributed by atoms with Crippen LogP contribution in [0.15, 0.2) is 76.7 Å². The lowest BCUT2D eigenvalue weighted by Gasteiger charge is -2.13. The van der Waals surface area contributed by atoms with Crippen molar-refractivity contribution in [3.63, 3.8) is 0 Å². The number of nitrogens with zero attached hydrogens (tertiary/aromatic N) is 4. The summed E-state index contributed by atoms with van der Waals surface area (Å²) in [5.41, 5.74) is 3.30. The number of rotatable bonds is 6. The topological polar surface area (TPSA) is 98.5 Å². The van der Waals surface area contributed by atoms with E-state index in [4.69, 9.17) is 4.74 Å². The van der Waals surface area contributed by atoms with E-state index < -0.39 is 9.84 Å². The van der Waals surface area contributed by atoms with E-state index in [1.807, 2.05) is 61.5 Å². The second-order valence-electron chi connectivity index (χ2n) is 8.05. The van der Waals surface area contributed by atoms with Gasteiger partial charge in [0, 0.05) is 17.5 Å². The van der Waals surface area contributed by atoms with Crippen LogP contribution >= 0.6 is 0 Å². The summed E-state index contributed by atoms with van der Waals surface area (Å²) in [4.78, 5) is 4.89. The first kappa shape index (κ1) is 21.8. The van der Waals surface area contributed by atoms with Crippen LogP contribution in [0.4, 0.5) is 5.82 Å². The lowest BCUT2D eigenvalue weighted by Crippen LogP contribution is -2.08. The van der Waals surface area contributed by atoms with Crippen LogP contribution in [0.3, 0.4) is 0 Å². The standard InChI is InChI=1S/C25H23N5O3S/c1-16-12-13-17(2)22(14-16)34(31,32)25-24-27-23(26-15-18-8-4-7-11-21(18)33-3)19-9-5-6-10-20(19)30(24)29-28-25/h4-14H,15H2,1-3H3,(H,26,27). The second-order valence-corrected chi connectivity index (χ2v) is 9.88. The van der Waals surface area contributed by atoms with Crippen molar-refractivity contribution in [1.82, 2.24) is 19.8 Å². The molecule has 1 N–H and O–H groups in total. The number of anilines is 1. The largest absolute Gasteiger partial charge is 0.496 e. The summed E-state index contributed by atoms with van der Waals surface area (Å²) in [7, 11) is -2.32. The molecule has 0 amide bonds. The van der Waals surface area contributed by atoms with Gasteiger partial charge in [0.25, 0.3) is 0 Å². The zero-order valence-electron chi connectivity index (χ0n) is 19.0. The van der Waals surface area contributed by atoms with E-state index in [-0.39, 0.29) is 15.6 Å². The maximum Gasteiger partial charge on any atom is 0.229 e. The van der Waals surface area contributed by atoms with Gasteiger partial charge in [0.1, 0.15) is 11.6 Å². The number of fused-ring (bicyclic) bond motifs is 3. The number of sulfone groups is 1. The van der Waals surface area contributed by atoms with Gasteiger partial charge in [-0.05, 0) is 49.2 Å². The predicted octanol–water partition coefficient (Wildman–Crippen LogP) is 4.35. The number of para-hydroxylation sites is 2. The third-order valence-electron chi connectivity index (χ3n) is 5.75. The highest BCUT2D eigenvalue weighted by molar-refractivity contribution is 7.91. The van der Waals surface area contributed by atoms with Crippen LogP contribution in [0.5, 0.6) is 5.75 Å². The maximum absolute atomic E-state index is 13.6. The number of aromatic nitrogens is 4. The van der Waals surface area contributed by atoms with Crippen molar-refractivity contribution in [1.29, 1.82) is 0 Å². The molecule has 2 aromatic heterocycles. The van der Waals surface area contributed by atoms with E-state index in [1.54, 1.807) is 26.2 Å². The Labute approximate surface area is 197 Å². The number of benzene rings is 3. The summed E-state index contributed by atoms with van der Waals surface area (Å²) in [5, 5.41) is 12.2. The van der Waals surface area contributed by atoms with E-state index in [0.717, 1.165) is 22.3 Å². The lowest BCUT2D eigenvalue weighted by atomic mass is 10.2. The van der Waals surface area contributed by atoms with Crippen molar-refractivity contribution < 1.29 is 13.2 Å². The second kappa shape index (κ2) is 8.42. The summed E-state index contributed by atoms with van der Waals surface area (Å²) in [5.74, 6) is 1.29. The Bertz CT molecular complexity index is 1640. The fourth-order valence-electron chi connectivity index (χ4n) is 3.98. The van der Waals surface area contributed by atoms with Crippen LogP contribution < -0.4 is 10.1 Å². The zero-order chi connectivity index (χ0) is 23.9. The van der Waals surface area contributed by atoms with Gasteiger partial charge in [-0.15, -0.1) is 5.10 Å². The molecule has 0 radical (unpaired) electrons. The van der Waals surface area contributed by atoms with E-state index >= 15 is 0 Å². The zero-order valence-corrected chi connectivity index (χ0v) is 19.8. The Hall–Kier alpha value is -3.98. The minimum absolute atomic E-state index is 0.169. The molecule has 8 nitrogen and oxygen atoms in total. The summed E-state index contributed by atoms with van der Waals surface area (Å²) < 4.78 is 34.1. The molecule has 9 heteroatoms. The van der Waals surface area contributed by atoms with Crippen LogP contribution in [-0.4, -0.2) is 35.3 Å². The van der Waals surface area contributed by atoms with Crippen LogP contribution in [0.1, 0.15) is 16.7 Å². The molecule has 5 rings (SSSR count). The van der Waals surface area contributed by atoms with Crippen molar-refractivity contribution in [3.8, 4) is 5.75 Å². The molecule has 0 fully saturated rings. The van der Waals surface area contributed by atoms with Crippen LogP contribution in [0.2, 0.25) is 0 Å². The molecule has 0 aliphatic rings.